The molecule has 0 saturated heterocycles. The second-order valence-corrected chi connectivity index (χ2v) is 2.73. The molecule has 0 aliphatic rings. The Morgan fingerprint density at radius 3 is 2.75 bits per heavy atom. The number of benzene rings is 1. The van der Waals surface area contributed by atoms with Crippen molar-refractivity contribution in [2.24, 2.45) is 0 Å². The van der Waals surface area contributed by atoms with Gasteiger partial charge in [-0.1, -0.05) is 36.9 Å². The highest BCUT2D eigenvalue weighted by atomic mass is 16.2. The zero-order chi connectivity index (χ0) is 8.81. The Morgan fingerprint density at radius 1 is 1.33 bits per heavy atom. The van der Waals surface area contributed by atoms with E-state index in [2.05, 4.69) is 12.6 Å². The molecule has 0 radical (unpaired) electrons. The Kier molecular flexibility index (Phi) is 3.55. The average Bonchev–Trinajstić information content (AvgIpc) is 2.15. The summed E-state index contributed by atoms with van der Waals surface area (Å²) in [5, 5.41) is 8.67. The lowest BCUT2D eigenvalue weighted by atomic mass is 10.0. The third-order valence-electron chi connectivity index (χ3n) is 1.88. The first-order valence-electron chi connectivity index (χ1n) is 4.19. The van der Waals surface area contributed by atoms with Gasteiger partial charge in [0.15, 0.2) is 0 Å². The molecule has 0 atom stereocenters. The molecule has 64 valence electrons. The summed E-state index contributed by atoms with van der Waals surface area (Å²) in [6.45, 7) is 3.99. The van der Waals surface area contributed by atoms with Gasteiger partial charge in [0.2, 0.25) is 0 Å². The first-order chi connectivity index (χ1) is 5.88. The second kappa shape index (κ2) is 4.73. The minimum Gasteiger partial charge on any atom is -0.396 e. The molecular weight excluding hydrogens is 148 g/mol. The lowest BCUT2D eigenvalue weighted by Gasteiger charge is -2.03. The highest BCUT2D eigenvalue weighted by molar-refractivity contribution is 5.51. The summed E-state index contributed by atoms with van der Waals surface area (Å²) < 4.78 is 0. The summed E-state index contributed by atoms with van der Waals surface area (Å²) in [7, 11) is 0. The monoisotopic (exact) mass is 162 g/mol. The van der Waals surface area contributed by atoms with Crippen LogP contribution < -0.4 is 0 Å². The molecule has 0 fully saturated rings. The summed E-state index contributed by atoms with van der Waals surface area (Å²) in [5.41, 5.74) is 2.44. The van der Waals surface area contributed by atoms with E-state index in [0.29, 0.717) is 0 Å². The molecule has 1 aromatic rings. The van der Waals surface area contributed by atoms with Crippen molar-refractivity contribution < 1.29 is 5.11 Å². The van der Waals surface area contributed by atoms with Crippen LogP contribution in [0.1, 0.15) is 17.5 Å². The molecule has 0 aromatic heterocycles. The van der Waals surface area contributed by atoms with Gasteiger partial charge in [-0.05, 0) is 24.0 Å². The molecule has 0 spiro atoms. The predicted molar refractivity (Wildman–Crippen MR) is 51.9 cm³/mol. The highest BCUT2D eigenvalue weighted by Crippen LogP contribution is 2.11. The number of aryl methyl sites for hydroxylation is 1. The topological polar surface area (TPSA) is 20.2 Å². The van der Waals surface area contributed by atoms with Crippen LogP contribution in [0.3, 0.4) is 0 Å². The smallest absolute Gasteiger partial charge is 0.0434 e. The molecule has 0 aliphatic carbocycles. The van der Waals surface area contributed by atoms with Gasteiger partial charge < -0.3 is 5.11 Å². The number of hydrogen-bond donors (Lipinski definition) is 1. The normalized spacial score (nSPS) is 9.75. The molecular formula is C11H14O. The lowest BCUT2D eigenvalue weighted by Crippen LogP contribution is -1.91. The minimum absolute atomic E-state index is 0.255. The van der Waals surface area contributed by atoms with Crippen molar-refractivity contribution in [2.75, 3.05) is 6.61 Å². The predicted octanol–water partition coefficient (Wildman–Crippen LogP) is 2.25. The Hall–Kier alpha value is -1.08. The van der Waals surface area contributed by atoms with E-state index in [9.17, 15) is 0 Å². The van der Waals surface area contributed by atoms with Crippen LogP contribution in [0.15, 0.2) is 30.8 Å². The Balaban J connectivity index is 2.75. The maximum absolute atomic E-state index is 8.67. The summed E-state index contributed by atoms with van der Waals surface area (Å²) in [5.74, 6) is 0. The fourth-order valence-electron chi connectivity index (χ4n) is 1.23. The van der Waals surface area contributed by atoms with Gasteiger partial charge in [0.05, 0.1) is 0 Å². The number of aliphatic hydroxyl groups excluding tert-OH is 1. The molecule has 1 rings (SSSR count). The maximum atomic E-state index is 8.67. The van der Waals surface area contributed by atoms with Gasteiger partial charge in [-0.15, -0.1) is 0 Å². The first-order valence-corrected chi connectivity index (χ1v) is 4.19. The molecule has 1 heteroatoms. The molecule has 1 nitrogen and oxygen atoms in total. The van der Waals surface area contributed by atoms with Crippen LogP contribution in [-0.4, -0.2) is 11.7 Å². The van der Waals surface area contributed by atoms with Gasteiger partial charge >= 0.3 is 0 Å². The molecule has 0 saturated carbocycles. The Bertz CT molecular complexity index is 253. The van der Waals surface area contributed by atoms with Crippen LogP contribution in [0.25, 0.3) is 6.08 Å². The Morgan fingerprint density at radius 2 is 2.08 bits per heavy atom. The van der Waals surface area contributed by atoms with Gasteiger partial charge in [0, 0.05) is 6.61 Å². The van der Waals surface area contributed by atoms with E-state index >= 15 is 0 Å². The third kappa shape index (κ3) is 2.21. The fraction of sp³-hybridized carbons (Fsp3) is 0.273. The van der Waals surface area contributed by atoms with Crippen LogP contribution in [-0.2, 0) is 6.42 Å². The van der Waals surface area contributed by atoms with Gasteiger partial charge in [0.1, 0.15) is 0 Å². The number of aliphatic hydroxyl groups is 1. The molecule has 12 heavy (non-hydrogen) atoms. The minimum atomic E-state index is 0.255. The van der Waals surface area contributed by atoms with Crippen molar-refractivity contribution in [3.8, 4) is 0 Å². The van der Waals surface area contributed by atoms with Crippen molar-refractivity contribution in [3.63, 3.8) is 0 Å². The standard InChI is InChI=1S/C11H14O/c1-2-10-6-3-4-7-11(10)8-5-9-12/h2-4,6-7,12H,1,5,8-9H2. The first kappa shape index (κ1) is 9.01. The molecule has 0 unspecified atom stereocenters. The van der Waals surface area contributed by atoms with E-state index in [1.165, 1.54) is 11.1 Å². The number of rotatable bonds is 4. The van der Waals surface area contributed by atoms with Crippen LogP contribution >= 0.6 is 0 Å². The van der Waals surface area contributed by atoms with E-state index in [4.69, 9.17) is 5.11 Å². The second-order valence-electron chi connectivity index (χ2n) is 2.73. The van der Waals surface area contributed by atoms with Gasteiger partial charge in [-0.2, -0.15) is 0 Å². The van der Waals surface area contributed by atoms with E-state index < -0.39 is 0 Å². The quantitative estimate of drug-likeness (QED) is 0.720. The third-order valence-corrected chi connectivity index (χ3v) is 1.88. The highest BCUT2D eigenvalue weighted by Gasteiger charge is 1.96. The zero-order valence-corrected chi connectivity index (χ0v) is 7.16. The molecule has 0 bridgehead atoms. The van der Waals surface area contributed by atoms with Gasteiger partial charge in [0.25, 0.3) is 0 Å². The molecule has 1 aromatic carbocycles. The van der Waals surface area contributed by atoms with Crippen LogP contribution in [0, 0.1) is 0 Å². The maximum Gasteiger partial charge on any atom is 0.0434 e. The van der Waals surface area contributed by atoms with Gasteiger partial charge in [-0.3, -0.25) is 0 Å². The van der Waals surface area contributed by atoms with Gasteiger partial charge in [-0.25, -0.2) is 0 Å². The van der Waals surface area contributed by atoms with Crippen LogP contribution in [0.5, 0.6) is 0 Å². The largest absolute Gasteiger partial charge is 0.396 e. The number of hydrogen-bond acceptors (Lipinski definition) is 1. The van der Waals surface area contributed by atoms with Crippen LogP contribution in [0.4, 0.5) is 0 Å². The Labute approximate surface area is 73.4 Å². The summed E-state index contributed by atoms with van der Waals surface area (Å²) in [6, 6.07) is 8.13. The average molecular weight is 162 g/mol. The van der Waals surface area contributed by atoms with E-state index in [1.807, 2.05) is 24.3 Å². The van der Waals surface area contributed by atoms with Crippen molar-refractivity contribution >= 4 is 6.08 Å². The lowest BCUT2D eigenvalue weighted by molar-refractivity contribution is 0.288. The zero-order valence-electron chi connectivity index (χ0n) is 7.16. The van der Waals surface area contributed by atoms with E-state index in [1.54, 1.807) is 0 Å². The summed E-state index contributed by atoms with van der Waals surface area (Å²) in [6.07, 6.45) is 3.61. The summed E-state index contributed by atoms with van der Waals surface area (Å²) in [4.78, 5) is 0. The van der Waals surface area contributed by atoms with E-state index in [0.717, 1.165) is 12.8 Å². The van der Waals surface area contributed by atoms with E-state index in [-0.39, 0.29) is 6.61 Å². The molecule has 0 heterocycles. The molecule has 0 amide bonds. The SMILES string of the molecule is C=Cc1ccccc1CCCO. The van der Waals surface area contributed by atoms with Crippen molar-refractivity contribution in [3.05, 3.63) is 42.0 Å². The van der Waals surface area contributed by atoms with Crippen molar-refractivity contribution in [1.29, 1.82) is 0 Å². The molecule has 0 aliphatic heterocycles. The van der Waals surface area contributed by atoms with Crippen molar-refractivity contribution in [2.45, 2.75) is 12.8 Å². The molecule has 1 N–H and O–H groups in total. The fourth-order valence-corrected chi connectivity index (χ4v) is 1.23. The summed E-state index contributed by atoms with van der Waals surface area (Å²) >= 11 is 0. The van der Waals surface area contributed by atoms with Crippen LogP contribution in [0.2, 0.25) is 0 Å². The van der Waals surface area contributed by atoms with Crippen molar-refractivity contribution in [1.82, 2.24) is 0 Å².